The zero-order chi connectivity index (χ0) is 15.9. The molecule has 0 bridgehead atoms. The number of hydrogen-bond donors (Lipinski definition) is 0. The molecule has 0 spiro atoms. The molecule has 116 valence electrons. The molecule has 2 rings (SSSR count). The highest BCUT2D eigenvalue weighted by molar-refractivity contribution is 6.01. The topological polar surface area (TPSA) is 78.4 Å². The molecule has 6 heteroatoms. The van der Waals surface area contributed by atoms with Crippen LogP contribution in [0.2, 0.25) is 0 Å². The molecule has 0 saturated heterocycles. The summed E-state index contributed by atoms with van der Waals surface area (Å²) in [4.78, 5) is 32.4. The van der Waals surface area contributed by atoms with Crippen molar-refractivity contribution < 1.29 is 19.1 Å². The number of rotatable bonds is 6. The predicted molar refractivity (Wildman–Crippen MR) is 80.2 cm³/mol. The van der Waals surface area contributed by atoms with Gasteiger partial charge in [-0.15, -0.1) is 0 Å². The molecular formula is C16H18N2O4. The summed E-state index contributed by atoms with van der Waals surface area (Å²) in [6.07, 6.45) is 3.76. The van der Waals surface area contributed by atoms with Gasteiger partial charge in [-0.1, -0.05) is 13.0 Å². The quantitative estimate of drug-likeness (QED) is 0.601. The minimum Gasteiger partial charge on any atom is -0.465 e. The molecule has 0 radical (unpaired) electrons. The van der Waals surface area contributed by atoms with E-state index < -0.39 is 17.9 Å². The van der Waals surface area contributed by atoms with Crippen molar-refractivity contribution in [1.82, 2.24) is 9.97 Å². The first kappa shape index (κ1) is 15.9. The van der Waals surface area contributed by atoms with Crippen LogP contribution in [0.5, 0.6) is 0 Å². The number of hydrogen-bond acceptors (Lipinski definition) is 6. The lowest BCUT2D eigenvalue weighted by Crippen LogP contribution is -2.26. The molecule has 1 atom stereocenters. The van der Waals surface area contributed by atoms with E-state index in [2.05, 4.69) is 9.97 Å². The van der Waals surface area contributed by atoms with Crippen LogP contribution in [0.4, 0.5) is 0 Å². The van der Waals surface area contributed by atoms with Gasteiger partial charge in [0.15, 0.2) is 5.92 Å². The smallest absolute Gasteiger partial charge is 0.324 e. The highest BCUT2D eigenvalue weighted by atomic mass is 16.6. The Hall–Kier alpha value is -2.50. The summed E-state index contributed by atoms with van der Waals surface area (Å²) in [7, 11) is 0. The van der Waals surface area contributed by atoms with Crippen LogP contribution in [0, 0.1) is 0 Å². The van der Waals surface area contributed by atoms with Gasteiger partial charge < -0.3 is 9.47 Å². The SMILES string of the molecule is CCCOC(=O)C(C(=O)OCC)c1ccc2ncncc2c1. The maximum atomic E-state index is 12.2. The fourth-order valence-corrected chi connectivity index (χ4v) is 2.06. The maximum Gasteiger partial charge on any atom is 0.324 e. The van der Waals surface area contributed by atoms with Gasteiger partial charge in [-0.05, 0) is 31.0 Å². The number of nitrogens with zero attached hydrogens (tertiary/aromatic N) is 2. The summed E-state index contributed by atoms with van der Waals surface area (Å²) in [5.74, 6) is -2.30. The van der Waals surface area contributed by atoms with E-state index in [1.165, 1.54) is 6.33 Å². The summed E-state index contributed by atoms with van der Waals surface area (Å²) in [5.41, 5.74) is 1.25. The minimum absolute atomic E-state index is 0.201. The van der Waals surface area contributed by atoms with Crippen LogP contribution in [-0.2, 0) is 19.1 Å². The van der Waals surface area contributed by atoms with Crippen LogP contribution in [0.25, 0.3) is 10.9 Å². The van der Waals surface area contributed by atoms with Crippen molar-refractivity contribution >= 4 is 22.8 Å². The predicted octanol–water partition coefficient (Wildman–Crippen LogP) is 2.23. The Labute approximate surface area is 128 Å². The first-order chi connectivity index (χ1) is 10.7. The number of esters is 2. The Morgan fingerprint density at radius 1 is 1.18 bits per heavy atom. The number of ether oxygens (including phenoxy) is 2. The third-order valence-corrected chi connectivity index (χ3v) is 3.07. The molecule has 0 amide bonds. The minimum atomic E-state index is -1.09. The van der Waals surface area contributed by atoms with E-state index >= 15 is 0 Å². The molecule has 0 saturated carbocycles. The molecule has 0 N–H and O–H groups in total. The number of fused-ring (bicyclic) bond motifs is 1. The zero-order valence-electron chi connectivity index (χ0n) is 12.6. The average molecular weight is 302 g/mol. The first-order valence-electron chi connectivity index (χ1n) is 7.20. The van der Waals surface area contributed by atoms with Gasteiger partial charge in [0.2, 0.25) is 0 Å². The lowest BCUT2D eigenvalue weighted by molar-refractivity contribution is -0.157. The Kier molecular flexibility index (Phi) is 5.41. The Balaban J connectivity index is 2.36. The number of aromatic nitrogens is 2. The van der Waals surface area contributed by atoms with Crippen LogP contribution >= 0.6 is 0 Å². The molecule has 1 heterocycles. The van der Waals surface area contributed by atoms with E-state index in [0.717, 1.165) is 10.9 Å². The standard InChI is InChI=1S/C16H18N2O4/c1-3-7-22-16(20)14(15(19)21-4-2)11-5-6-13-12(8-11)9-17-10-18-13/h5-6,8-10,14H,3-4,7H2,1-2H3. The normalized spacial score (nSPS) is 11.9. The maximum absolute atomic E-state index is 12.2. The second-order valence-electron chi connectivity index (χ2n) is 4.69. The Morgan fingerprint density at radius 3 is 2.68 bits per heavy atom. The van der Waals surface area contributed by atoms with Crippen molar-refractivity contribution in [3.8, 4) is 0 Å². The van der Waals surface area contributed by atoms with Gasteiger partial charge in [-0.2, -0.15) is 0 Å². The van der Waals surface area contributed by atoms with Crippen molar-refractivity contribution in [2.45, 2.75) is 26.2 Å². The lowest BCUT2D eigenvalue weighted by Gasteiger charge is -2.15. The average Bonchev–Trinajstić information content (AvgIpc) is 2.53. The second kappa shape index (κ2) is 7.49. The molecule has 1 unspecified atom stereocenters. The van der Waals surface area contributed by atoms with Crippen molar-refractivity contribution in [1.29, 1.82) is 0 Å². The monoisotopic (exact) mass is 302 g/mol. The molecule has 0 aliphatic rings. The largest absolute Gasteiger partial charge is 0.465 e. The van der Waals surface area contributed by atoms with Crippen LogP contribution < -0.4 is 0 Å². The van der Waals surface area contributed by atoms with Gasteiger partial charge in [-0.3, -0.25) is 9.59 Å². The van der Waals surface area contributed by atoms with Gasteiger partial charge in [0.05, 0.1) is 18.7 Å². The van der Waals surface area contributed by atoms with Crippen LogP contribution in [0.15, 0.2) is 30.7 Å². The van der Waals surface area contributed by atoms with Crippen molar-refractivity contribution in [3.63, 3.8) is 0 Å². The molecular weight excluding hydrogens is 284 g/mol. The van der Waals surface area contributed by atoms with E-state index in [1.54, 1.807) is 31.3 Å². The molecule has 0 fully saturated rings. The summed E-state index contributed by atoms with van der Waals surface area (Å²) < 4.78 is 10.1. The van der Waals surface area contributed by atoms with Crippen molar-refractivity contribution in [2.24, 2.45) is 0 Å². The zero-order valence-corrected chi connectivity index (χ0v) is 12.6. The molecule has 0 aliphatic heterocycles. The fraction of sp³-hybridized carbons (Fsp3) is 0.375. The summed E-state index contributed by atoms with van der Waals surface area (Å²) in [6.45, 7) is 4.05. The van der Waals surface area contributed by atoms with E-state index in [4.69, 9.17) is 9.47 Å². The lowest BCUT2D eigenvalue weighted by atomic mass is 9.98. The molecule has 2 aromatic rings. The van der Waals surface area contributed by atoms with Crippen LogP contribution in [0.3, 0.4) is 0 Å². The fourth-order valence-electron chi connectivity index (χ4n) is 2.06. The highest BCUT2D eigenvalue weighted by Crippen LogP contribution is 2.23. The van der Waals surface area contributed by atoms with E-state index in [1.807, 2.05) is 6.92 Å². The van der Waals surface area contributed by atoms with Gasteiger partial charge in [-0.25, -0.2) is 9.97 Å². The van der Waals surface area contributed by atoms with Gasteiger partial charge in [0, 0.05) is 11.6 Å². The summed E-state index contributed by atoms with van der Waals surface area (Å²) >= 11 is 0. The van der Waals surface area contributed by atoms with E-state index in [-0.39, 0.29) is 13.2 Å². The summed E-state index contributed by atoms with van der Waals surface area (Å²) in [6, 6.07) is 5.14. The third-order valence-electron chi connectivity index (χ3n) is 3.07. The van der Waals surface area contributed by atoms with Crippen molar-refractivity contribution in [2.75, 3.05) is 13.2 Å². The van der Waals surface area contributed by atoms with E-state index in [9.17, 15) is 9.59 Å². The van der Waals surface area contributed by atoms with Crippen LogP contribution in [-0.4, -0.2) is 35.1 Å². The molecule has 0 aliphatic carbocycles. The van der Waals surface area contributed by atoms with Gasteiger partial charge >= 0.3 is 11.9 Å². The Bertz CT molecular complexity index is 672. The number of carbonyl (C=O) groups excluding carboxylic acids is 2. The van der Waals surface area contributed by atoms with Gasteiger partial charge in [0.25, 0.3) is 0 Å². The molecule has 6 nitrogen and oxygen atoms in total. The first-order valence-corrected chi connectivity index (χ1v) is 7.20. The van der Waals surface area contributed by atoms with Crippen LogP contribution in [0.1, 0.15) is 31.7 Å². The Morgan fingerprint density at radius 2 is 1.95 bits per heavy atom. The second-order valence-corrected chi connectivity index (χ2v) is 4.69. The molecule has 1 aromatic carbocycles. The molecule has 22 heavy (non-hydrogen) atoms. The molecule has 1 aromatic heterocycles. The number of benzene rings is 1. The highest BCUT2D eigenvalue weighted by Gasteiger charge is 2.31. The number of carbonyl (C=O) groups is 2. The van der Waals surface area contributed by atoms with Crippen molar-refractivity contribution in [3.05, 3.63) is 36.3 Å². The van der Waals surface area contributed by atoms with E-state index in [0.29, 0.717) is 12.0 Å². The summed E-state index contributed by atoms with van der Waals surface area (Å²) in [5, 5.41) is 0.748. The van der Waals surface area contributed by atoms with Gasteiger partial charge in [0.1, 0.15) is 6.33 Å². The third kappa shape index (κ3) is 3.58.